The smallest absolute Gasteiger partial charge is 0.245 e. The van der Waals surface area contributed by atoms with Gasteiger partial charge in [-0.15, -0.1) is 0 Å². The van der Waals surface area contributed by atoms with Crippen molar-refractivity contribution in [2.45, 2.75) is 77.9 Å². The van der Waals surface area contributed by atoms with E-state index in [2.05, 4.69) is 4.90 Å². The standard InChI is InChI=1S/C19H31N3O3.CH4/c1-13(2)17(23)14-7-5-11-21(14)19(25)16-9-6-12-22(16)18(24)15-8-4-10-20(15)3;/h13-16H,4-12H2,1-3H3;1H4. The minimum Gasteiger partial charge on any atom is -0.331 e. The average Bonchev–Trinajstić information content (AvgIpc) is 3.32. The third-order valence-corrected chi connectivity index (χ3v) is 6.06. The minimum absolute atomic E-state index is 0. The van der Waals surface area contributed by atoms with E-state index in [0.29, 0.717) is 13.1 Å². The first-order chi connectivity index (χ1) is 11.9. The maximum atomic E-state index is 13.2. The maximum Gasteiger partial charge on any atom is 0.245 e. The Morgan fingerprint density at radius 1 is 0.769 bits per heavy atom. The molecule has 148 valence electrons. The van der Waals surface area contributed by atoms with Crippen molar-refractivity contribution in [3.05, 3.63) is 0 Å². The highest BCUT2D eigenvalue weighted by Gasteiger charge is 2.44. The summed E-state index contributed by atoms with van der Waals surface area (Å²) in [4.78, 5) is 44.2. The molecule has 3 heterocycles. The molecule has 0 N–H and O–H groups in total. The Balaban J connectivity index is 0.00000243. The molecule has 0 spiro atoms. The molecule has 6 heteroatoms. The Kier molecular flexibility index (Phi) is 6.83. The van der Waals surface area contributed by atoms with Crippen LogP contribution in [0.25, 0.3) is 0 Å². The predicted molar refractivity (Wildman–Crippen MR) is 102 cm³/mol. The molecule has 0 bridgehead atoms. The van der Waals surface area contributed by atoms with Gasteiger partial charge in [-0.2, -0.15) is 0 Å². The molecule has 6 nitrogen and oxygen atoms in total. The molecule has 0 aromatic carbocycles. The van der Waals surface area contributed by atoms with Crippen LogP contribution in [0.1, 0.15) is 59.8 Å². The van der Waals surface area contributed by atoms with E-state index < -0.39 is 0 Å². The summed E-state index contributed by atoms with van der Waals surface area (Å²) in [5.74, 6) is 0.175. The largest absolute Gasteiger partial charge is 0.331 e. The molecule has 3 aliphatic heterocycles. The lowest BCUT2D eigenvalue weighted by atomic mass is 9.99. The molecule has 0 saturated carbocycles. The van der Waals surface area contributed by atoms with Crippen LogP contribution < -0.4 is 0 Å². The molecule has 26 heavy (non-hydrogen) atoms. The van der Waals surface area contributed by atoms with Crippen LogP contribution in [-0.4, -0.2) is 77.1 Å². The number of hydrogen-bond acceptors (Lipinski definition) is 4. The predicted octanol–water partition coefficient (Wildman–Crippen LogP) is 1.92. The van der Waals surface area contributed by atoms with Crippen molar-refractivity contribution in [3.8, 4) is 0 Å². The van der Waals surface area contributed by atoms with Crippen molar-refractivity contribution in [1.29, 1.82) is 0 Å². The summed E-state index contributed by atoms with van der Waals surface area (Å²) in [6.07, 6.45) is 5.15. The number of hydrogen-bond donors (Lipinski definition) is 0. The summed E-state index contributed by atoms with van der Waals surface area (Å²) < 4.78 is 0. The Labute approximate surface area is 157 Å². The lowest BCUT2D eigenvalue weighted by Gasteiger charge is -2.33. The van der Waals surface area contributed by atoms with Crippen LogP contribution in [0.5, 0.6) is 0 Å². The molecular formula is C20H35N3O3. The zero-order chi connectivity index (χ0) is 18.1. The fourth-order valence-electron chi connectivity index (χ4n) is 4.60. The van der Waals surface area contributed by atoms with E-state index in [0.717, 1.165) is 45.1 Å². The molecule has 3 aliphatic rings. The van der Waals surface area contributed by atoms with Gasteiger partial charge in [0, 0.05) is 19.0 Å². The van der Waals surface area contributed by atoms with Gasteiger partial charge in [0.2, 0.25) is 11.8 Å². The molecule has 3 fully saturated rings. The van der Waals surface area contributed by atoms with E-state index in [1.807, 2.05) is 20.9 Å². The van der Waals surface area contributed by atoms with Crippen molar-refractivity contribution in [2.24, 2.45) is 5.92 Å². The Hall–Kier alpha value is -1.43. The van der Waals surface area contributed by atoms with Gasteiger partial charge in [0.05, 0.1) is 12.1 Å². The van der Waals surface area contributed by atoms with Gasteiger partial charge < -0.3 is 9.80 Å². The number of ketones is 1. The van der Waals surface area contributed by atoms with Crippen LogP contribution in [0.4, 0.5) is 0 Å². The molecule has 3 rings (SSSR count). The first-order valence-electron chi connectivity index (χ1n) is 9.76. The Morgan fingerprint density at radius 2 is 1.23 bits per heavy atom. The van der Waals surface area contributed by atoms with Gasteiger partial charge in [-0.3, -0.25) is 19.3 Å². The molecule has 0 aromatic rings. The van der Waals surface area contributed by atoms with Crippen molar-refractivity contribution in [3.63, 3.8) is 0 Å². The van der Waals surface area contributed by atoms with Gasteiger partial charge >= 0.3 is 0 Å². The highest BCUT2D eigenvalue weighted by Crippen LogP contribution is 2.28. The van der Waals surface area contributed by atoms with E-state index in [4.69, 9.17) is 0 Å². The lowest BCUT2D eigenvalue weighted by Crippen LogP contribution is -2.54. The van der Waals surface area contributed by atoms with Crippen LogP contribution in [0.3, 0.4) is 0 Å². The number of Topliss-reactive ketones (excluding diaryl/α,β-unsaturated/α-hetero) is 1. The number of nitrogens with zero attached hydrogens (tertiary/aromatic N) is 3. The SMILES string of the molecule is C.CC(C)C(=O)C1CCCN1C(=O)C1CCCN1C(=O)C1CCCN1C. The first kappa shape index (κ1) is 20.9. The topological polar surface area (TPSA) is 60.9 Å². The van der Waals surface area contributed by atoms with Crippen LogP contribution in [0.2, 0.25) is 0 Å². The van der Waals surface area contributed by atoms with Crippen LogP contribution in [-0.2, 0) is 14.4 Å². The lowest BCUT2D eigenvalue weighted by molar-refractivity contribution is -0.148. The highest BCUT2D eigenvalue weighted by atomic mass is 16.2. The molecule has 3 atom stereocenters. The van der Waals surface area contributed by atoms with Crippen LogP contribution in [0, 0.1) is 5.92 Å². The Morgan fingerprint density at radius 3 is 1.77 bits per heavy atom. The van der Waals surface area contributed by atoms with E-state index in [-0.39, 0.29) is 49.1 Å². The number of likely N-dealkylation sites (N-methyl/N-ethyl adjacent to an activating group) is 1. The summed E-state index contributed by atoms with van der Waals surface area (Å²) in [7, 11) is 1.99. The summed E-state index contributed by atoms with van der Waals surface area (Å²) in [5, 5.41) is 0. The van der Waals surface area contributed by atoms with Crippen molar-refractivity contribution >= 4 is 17.6 Å². The quantitative estimate of drug-likeness (QED) is 0.764. The van der Waals surface area contributed by atoms with Gasteiger partial charge in [-0.1, -0.05) is 21.3 Å². The minimum atomic E-state index is -0.373. The molecule has 0 aliphatic carbocycles. The zero-order valence-electron chi connectivity index (χ0n) is 15.7. The first-order valence-corrected chi connectivity index (χ1v) is 9.76. The molecule has 0 aromatic heterocycles. The molecule has 3 unspecified atom stereocenters. The Bertz CT molecular complexity index is 548. The number of rotatable bonds is 4. The zero-order valence-corrected chi connectivity index (χ0v) is 15.7. The second kappa shape index (κ2) is 8.51. The molecule has 0 radical (unpaired) electrons. The summed E-state index contributed by atoms with van der Waals surface area (Å²) in [5.41, 5.74) is 0. The van der Waals surface area contributed by atoms with Crippen molar-refractivity contribution in [2.75, 3.05) is 26.7 Å². The van der Waals surface area contributed by atoms with Gasteiger partial charge in [0.1, 0.15) is 6.04 Å². The fourth-order valence-corrected chi connectivity index (χ4v) is 4.60. The van der Waals surface area contributed by atoms with Gasteiger partial charge in [-0.05, 0) is 52.1 Å². The summed E-state index contributed by atoms with van der Waals surface area (Å²) >= 11 is 0. The van der Waals surface area contributed by atoms with Crippen molar-refractivity contribution in [1.82, 2.24) is 14.7 Å². The van der Waals surface area contributed by atoms with Gasteiger partial charge in [0.15, 0.2) is 5.78 Å². The van der Waals surface area contributed by atoms with Crippen LogP contribution in [0.15, 0.2) is 0 Å². The third-order valence-electron chi connectivity index (χ3n) is 6.06. The van der Waals surface area contributed by atoms with Crippen LogP contribution >= 0.6 is 0 Å². The van der Waals surface area contributed by atoms with E-state index >= 15 is 0 Å². The van der Waals surface area contributed by atoms with E-state index in [9.17, 15) is 14.4 Å². The van der Waals surface area contributed by atoms with Gasteiger partial charge in [0.25, 0.3) is 0 Å². The monoisotopic (exact) mass is 365 g/mol. The number of carbonyl (C=O) groups is 3. The average molecular weight is 366 g/mol. The normalized spacial score (nSPS) is 29.3. The second-order valence-electron chi connectivity index (χ2n) is 8.08. The molecule has 3 saturated heterocycles. The number of carbonyl (C=O) groups excluding carboxylic acids is 3. The summed E-state index contributed by atoms with van der Waals surface area (Å²) in [6, 6.07) is -0.749. The van der Waals surface area contributed by atoms with E-state index in [1.54, 1.807) is 9.80 Å². The third kappa shape index (κ3) is 3.80. The van der Waals surface area contributed by atoms with Gasteiger partial charge in [-0.25, -0.2) is 0 Å². The molecule has 2 amide bonds. The second-order valence-corrected chi connectivity index (χ2v) is 8.08. The number of amides is 2. The highest BCUT2D eigenvalue weighted by molar-refractivity contribution is 5.95. The maximum absolute atomic E-state index is 13.2. The summed E-state index contributed by atoms with van der Waals surface area (Å²) in [6.45, 7) is 6.04. The molecular weight excluding hydrogens is 330 g/mol. The fraction of sp³-hybridized carbons (Fsp3) is 0.850. The number of likely N-dealkylation sites (tertiary alicyclic amines) is 3. The van der Waals surface area contributed by atoms with Crippen molar-refractivity contribution < 1.29 is 14.4 Å². The van der Waals surface area contributed by atoms with E-state index in [1.165, 1.54) is 0 Å².